The van der Waals surface area contributed by atoms with Crippen LogP contribution in [0.2, 0.25) is 0 Å². The Bertz CT molecular complexity index is 480. The molecule has 17 heavy (non-hydrogen) atoms. The fraction of sp³-hybridized carbons (Fsp3) is 0.300. The van der Waals surface area contributed by atoms with Crippen LogP contribution in [0, 0.1) is 0 Å². The molecule has 0 radical (unpaired) electrons. The van der Waals surface area contributed by atoms with Crippen molar-refractivity contribution in [2.45, 2.75) is 12.5 Å². The molecule has 0 amide bonds. The maximum absolute atomic E-state index is 5.55. The van der Waals surface area contributed by atoms with Gasteiger partial charge in [0.05, 0.1) is 13.1 Å². The highest BCUT2D eigenvalue weighted by Gasteiger charge is 2.13. The summed E-state index contributed by atoms with van der Waals surface area (Å²) >= 11 is 3.40. The van der Waals surface area contributed by atoms with Crippen LogP contribution in [0.4, 0.5) is 0 Å². The van der Waals surface area contributed by atoms with Crippen molar-refractivity contribution in [1.29, 1.82) is 0 Å². The van der Waals surface area contributed by atoms with E-state index in [2.05, 4.69) is 36.8 Å². The van der Waals surface area contributed by atoms with Crippen molar-refractivity contribution in [1.82, 2.24) is 25.6 Å². The Balaban J connectivity index is 2.13. The minimum Gasteiger partial charge on any atom is -0.271 e. The molecule has 1 unspecified atom stereocenters. The smallest absolute Gasteiger partial charge is 0.176 e. The molecule has 1 heterocycles. The molecule has 6 nitrogen and oxygen atoms in total. The van der Waals surface area contributed by atoms with Gasteiger partial charge in [0, 0.05) is 10.9 Å². The molecule has 0 saturated heterocycles. The summed E-state index contributed by atoms with van der Waals surface area (Å²) in [5, 5.41) is 11.9. The third-order valence-corrected chi connectivity index (χ3v) is 2.94. The summed E-state index contributed by atoms with van der Waals surface area (Å²) in [6.45, 7) is 0. The molecule has 2 aromatic rings. The number of benzene rings is 1. The van der Waals surface area contributed by atoms with Gasteiger partial charge < -0.3 is 0 Å². The summed E-state index contributed by atoms with van der Waals surface area (Å²) < 4.78 is 1.04. The van der Waals surface area contributed by atoms with E-state index < -0.39 is 0 Å². The number of nitrogens with two attached hydrogens (primary N) is 1. The number of hydrogen-bond donors (Lipinski definition) is 2. The highest BCUT2D eigenvalue weighted by molar-refractivity contribution is 9.10. The first kappa shape index (κ1) is 12.2. The predicted molar refractivity (Wildman–Crippen MR) is 66.7 cm³/mol. The Kier molecular flexibility index (Phi) is 3.82. The molecule has 0 aliphatic carbocycles. The van der Waals surface area contributed by atoms with Crippen LogP contribution in [0.1, 0.15) is 17.4 Å². The van der Waals surface area contributed by atoms with Crippen molar-refractivity contribution < 1.29 is 0 Å². The summed E-state index contributed by atoms with van der Waals surface area (Å²) in [6.07, 6.45) is 0.603. The van der Waals surface area contributed by atoms with E-state index in [1.54, 1.807) is 7.05 Å². The molecule has 0 saturated carbocycles. The number of rotatable bonds is 4. The Labute approximate surface area is 107 Å². The van der Waals surface area contributed by atoms with Crippen LogP contribution in [0.3, 0.4) is 0 Å². The third kappa shape index (κ3) is 3.09. The second-order valence-corrected chi connectivity index (χ2v) is 4.59. The van der Waals surface area contributed by atoms with Crippen LogP contribution in [0.15, 0.2) is 28.7 Å². The number of nitrogens with zero attached hydrogens (tertiary/aromatic N) is 4. The minimum atomic E-state index is -0.0210. The average Bonchev–Trinajstić information content (AvgIpc) is 2.73. The maximum atomic E-state index is 5.55. The summed E-state index contributed by atoms with van der Waals surface area (Å²) in [6, 6.07) is 7.94. The number of aromatic nitrogens is 4. The zero-order valence-electron chi connectivity index (χ0n) is 9.34. The van der Waals surface area contributed by atoms with Gasteiger partial charge in [-0.3, -0.25) is 11.3 Å². The number of tetrazole rings is 1. The lowest BCUT2D eigenvalue weighted by Crippen LogP contribution is -2.29. The number of hydrazine groups is 1. The van der Waals surface area contributed by atoms with Crippen LogP contribution in [0.25, 0.3) is 0 Å². The van der Waals surface area contributed by atoms with Gasteiger partial charge in [-0.15, -0.1) is 10.2 Å². The first-order valence-electron chi connectivity index (χ1n) is 5.13. The molecule has 1 aromatic heterocycles. The quantitative estimate of drug-likeness (QED) is 0.642. The topological polar surface area (TPSA) is 81.7 Å². The number of aryl methyl sites for hydroxylation is 1. The third-order valence-electron chi connectivity index (χ3n) is 2.41. The van der Waals surface area contributed by atoms with Crippen molar-refractivity contribution in [3.63, 3.8) is 0 Å². The molecule has 0 bridgehead atoms. The fourth-order valence-corrected chi connectivity index (χ4v) is 1.82. The van der Waals surface area contributed by atoms with E-state index in [1.165, 1.54) is 4.80 Å². The maximum Gasteiger partial charge on any atom is 0.176 e. The molecule has 1 atom stereocenters. The lowest BCUT2D eigenvalue weighted by Gasteiger charge is -2.14. The van der Waals surface area contributed by atoms with E-state index in [0.29, 0.717) is 12.2 Å². The number of halogens is 1. The monoisotopic (exact) mass is 296 g/mol. The molecule has 0 fully saturated rings. The Hall–Kier alpha value is -1.31. The van der Waals surface area contributed by atoms with Crippen LogP contribution in [-0.2, 0) is 13.5 Å². The van der Waals surface area contributed by atoms with Crippen molar-refractivity contribution >= 4 is 15.9 Å². The first-order valence-corrected chi connectivity index (χ1v) is 5.93. The van der Waals surface area contributed by atoms with Crippen molar-refractivity contribution in [2.75, 3.05) is 0 Å². The standard InChI is InChI=1S/C10H13BrN6/c1-17-15-10(14-16-17)6-9(13-12)7-2-4-8(11)5-3-7/h2-5,9,13H,6,12H2,1H3. The molecular weight excluding hydrogens is 284 g/mol. The second kappa shape index (κ2) is 5.35. The Morgan fingerprint density at radius 3 is 2.65 bits per heavy atom. The highest BCUT2D eigenvalue weighted by Crippen LogP contribution is 2.18. The van der Waals surface area contributed by atoms with Gasteiger partial charge in [0.15, 0.2) is 5.82 Å². The molecule has 0 aliphatic rings. The Morgan fingerprint density at radius 1 is 1.41 bits per heavy atom. The molecule has 1 aromatic carbocycles. The first-order chi connectivity index (χ1) is 8.19. The SMILES string of the molecule is Cn1nnc(CC(NN)c2ccc(Br)cc2)n1. The lowest BCUT2D eigenvalue weighted by atomic mass is 10.0. The van der Waals surface area contributed by atoms with Gasteiger partial charge in [-0.1, -0.05) is 28.1 Å². The van der Waals surface area contributed by atoms with E-state index >= 15 is 0 Å². The van der Waals surface area contributed by atoms with E-state index in [9.17, 15) is 0 Å². The summed E-state index contributed by atoms with van der Waals surface area (Å²) in [5.74, 6) is 6.22. The normalized spacial score (nSPS) is 12.6. The van der Waals surface area contributed by atoms with Crippen LogP contribution < -0.4 is 11.3 Å². The van der Waals surface area contributed by atoms with Gasteiger partial charge in [0.2, 0.25) is 0 Å². The second-order valence-electron chi connectivity index (χ2n) is 3.67. The van der Waals surface area contributed by atoms with Gasteiger partial charge in [-0.05, 0) is 22.9 Å². The minimum absolute atomic E-state index is 0.0210. The number of nitrogens with one attached hydrogen (secondary N) is 1. The van der Waals surface area contributed by atoms with Crippen molar-refractivity contribution in [3.05, 3.63) is 40.1 Å². The predicted octanol–water partition coefficient (Wildman–Crippen LogP) is 0.720. The van der Waals surface area contributed by atoms with Crippen molar-refractivity contribution in [2.24, 2.45) is 12.9 Å². The largest absolute Gasteiger partial charge is 0.271 e. The molecule has 0 aliphatic heterocycles. The molecule has 0 spiro atoms. The van der Waals surface area contributed by atoms with Crippen LogP contribution in [0.5, 0.6) is 0 Å². The summed E-state index contributed by atoms with van der Waals surface area (Å²) in [4.78, 5) is 1.44. The van der Waals surface area contributed by atoms with E-state index in [4.69, 9.17) is 5.84 Å². The average molecular weight is 297 g/mol. The molecule has 7 heteroatoms. The van der Waals surface area contributed by atoms with E-state index in [1.807, 2.05) is 24.3 Å². The zero-order chi connectivity index (χ0) is 12.3. The Morgan fingerprint density at radius 2 is 2.12 bits per heavy atom. The van der Waals surface area contributed by atoms with Gasteiger partial charge in [0.1, 0.15) is 0 Å². The van der Waals surface area contributed by atoms with Gasteiger partial charge in [0.25, 0.3) is 0 Å². The van der Waals surface area contributed by atoms with Gasteiger partial charge in [-0.25, -0.2) is 0 Å². The number of hydrogen-bond acceptors (Lipinski definition) is 5. The van der Waals surface area contributed by atoms with E-state index in [0.717, 1.165) is 10.0 Å². The van der Waals surface area contributed by atoms with Gasteiger partial charge in [-0.2, -0.15) is 4.80 Å². The molecule has 90 valence electrons. The van der Waals surface area contributed by atoms with E-state index in [-0.39, 0.29) is 6.04 Å². The molecular formula is C10H13BrN6. The van der Waals surface area contributed by atoms with Gasteiger partial charge >= 0.3 is 0 Å². The highest BCUT2D eigenvalue weighted by atomic mass is 79.9. The lowest BCUT2D eigenvalue weighted by molar-refractivity contribution is 0.536. The van der Waals surface area contributed by atoms with Crippen LogP contribution >= 0.6 is 15.9 Å². The van der Waals surface area contributed by atoms with Crippen LogP contribution in [-0.4, -0.2) is 20.2 Å². The van der Waals surface area contributed by atoms with Crippen molar-refractivity contribution in [3.8, 4) is 0 Å². The fourth-order valence-electron chi connectivity index (χ4n) is 1.56. The zero-order valence-corrected chi connectivity index (χ0v) is 10.9. The molecule has 3 N–H and O–H groups in total. The molecule has 2 rings (SSSR count). The summed E-state index contributed by atoms with van der Waals surface area (Å²) in [7, 11) is 1.74. The summed E-state index contributed by atoms with van der Waals surface area (Å²) in [5.41, 5.74) is 3.85.